The van der Waals surface area contributed by atoms with Crippen LogP contribution in [0.3, 0.4) is 0 Å². The third-order valence-corrected chi connectivity index (χ3v) is 8.51. The molecule has 2 fully saturated rings. The molecular formula is C32H35F6N5O4. The molecule has 1 aliphatic heterocycles. The zero-order chi connectivity index (χ0) is 33.8. The van der Waals surface area contributed by atoms with E-state index in [1.54, 1.807) is 11.2 Å². The predicted octanol–water partition coefficient (Wildman–Crippen LogP) is 6.31. The molecule has 5 rings (SSSR count). The first kappa shape index (κ1) is 34.1. The summed E-state index contributed by atoms with van der Waals surface area (Å²) in [6.07, 6.45) is -5.54. The van der Waals surface area contributed by atoms with Crippen LogP contribution in [0.25, 0.3) is 11.3 Å². The zero-order valence-corrected chi connectivity index (χ0v) is 25.5. The molecule has 0 spiro atoms. The molecule has 3 atom stereocenters. The fourth-order valence-corrected chi connectivity index (χ4v) is 6.22. The summed E-state index contributed by atoms with van der Waals surface area (Å²) in [7, 11) is 1.30. The monoisotopic (exact) mass is 667 g/mol. The molecule has 3 aromatic rings. The molecule has 15 heteroatoms. The fraction of sp³-hybridized carbons (Fsp3) is 0.469. The number of piperazine rings is 1. The van der Waals surface area contributed by atoms with Gasteiger partial charge in [0, 0.05) is 37.7 Å². The number of benzene rings is 2. The molecule has 2 N–H and O–H groups in total. The largest absolute Gasteiger partial charge is 0.493 e. The van der Waals surface area contributed by atoms with Gasteiger partial charge >= 0.3 is 18.4 Å². The average Bonchev–Trinajstić information content (AvgIpc) is 3.49. The maximum Gasteiger partial charge on any atom is 0.416 e. The molecule has 47 heavy (non-hydrogen) atoms. The van der Waals surface area contributed by atoms with Gasteiger partial charge in [-0.2, -0.15) is 26.3 Å². The highest BCUT2D eigenvalue weighted by molar-refractivity contribution is 5.98. The fourth-order valence-electron chi connectivity index (χ4n) is 6.22. The van der Waals surface area contributed by atoms with Crippen LogP contribution in [0.15, 0.2) is 54.9 Å². The summed E-state index contributed by atoms with van der Waals surface area (Å²) >= 11 is 0. The normalized spacial score (nSPS) is 20.5. The molecule has 0 unspecified atom stereocenters. The van der Waals surface area contributed by atoms with Crippen LogP contribution in [-0.2, 0) is 17.1 Å². The molecule has 254 valence electrons. The van der Waals surface area contributed by atoms with Crippen LogP contribution >= 0.6 is 0 Å². The number of imidazole rings is 1. The van der Waals surface area contributed by atoms with Gasteiger partial charge in [-0.3, -0.25) is 4.79 Å². The number of nitrogens with zero attached hydrogens (tertiary/aromatic N) is 3. The van der Waals surface area contributed by atoms with Crippen LogP contribution in [-0.4, -0.2) is 71.9 Å². The van der Waals surface area contributed by atoms with Crippen molar-refractivity contribution in [1.29, 1.82) is 0 Å². The Morgan fingerprint density at radius 1 is 1.00 bits per heavy atom. The van der Waals surface area contributed by atoms with Crippen molar-refractivity contribution in [1.82, 2.24) is 25.1 Å². The smallest absolute Gasteiger partial charge is 0.416 e. The Kier molecular flexibility index (Phi) is 10.3. The third kappa shape index (κ3) is 8.00. The van der Waals surface area contributed by atoms with Crippen molar-refractivity contribution < 1.29 is 45.4 Å². The number of hydrogen-bond donors (Lipinski definition) is 2. The van der Waals surface area contributed by atoms with Crippen molar-refractivity contribution in [2.24, 2.45) is 0 Å². The second kappa shape index (κ2) is 14.2. The van der Waals surface area contributed by atoms with Gasteiger partial charge in [-0.25, -0.2) is 9.78 Å². The van der Waals surface area contributed by atoms with Crippen molar-refractivity contribution in [3.63, 3.8) is 0 Å². The van der Waals surface area contributed by atoms with Crippen LogP contribution in [0.4, 0.5) is 31.1 Å². The standard InChI is InChI=1S/C32H35F6N5O4/c1-46-30(45)41-25-9-5-6-10-26(25)43-19-40-27(28(43)20-7-3-2-4-8-20)29(44)42-13-12-39-18-23(42)11-14-47-24-16-21(31(33,34)35)15-22(17-24)32(36,37)38/h2-4,7-8,15-17,19,23,25-26,39H,5-6,9-14,18H2,1H3,(H,41,45)/t23-,25+,26+/m1/s1. The number of methoxy groups -OCH3 is 1. The van der Waals surface area contributed by atoms with Gasteiger partial charge in [0.15, 0.2) is 5.69 Å². The molecular weight excluding hydrogens is 632 g/mol. The first-order chi connectivity index (χ1) is 22.4. The number of ether oxygens (including phenoxy) is 2. The molecule has 1 aliphatic carbocycles. The van der Waals surface area contributed by atoms with Gasteiger partial charge < -0.3 is 29.6 Å². The Bertz CT molecular complexity index is 1510. The molecule has 1 saturated carbocycles. The van der Waals surface area contributed by atoms with Gasteiger partial charge in [0.25, 0.3) is 5.91 Å². The highest BCUT2D eigenvalue weighted by atomic mass is 19.4. The number of rotatable bonds is 8. The number of halogens is 6. The maximum absolute atomic E-state index is 14.2. The summed E-state index contributed by atoms with van der Waals surface area (Å²) < 4.78 is 92.1. The molecule has 2 aromatic carbocycles. The van der Waals surface area contributed by atoms with E-state index in [0.717, 1.165) is 24.8 Å². The quantitative estimate of drug-likeness (QED) is 0.274. The molecule has 9 nitrogen and oxygen atoms in total. The second-order valence-electron chi connectivity index (χ2n) is 11.5. The summed E-state index contributed by atoms with van der Waals surface area (Å²) in [5.74, 6) is -0.942. The van der Waals surface area contributed by atoms with Gasteiger partial charge in [0.2, 0.25) is 0 Å². The average molecular weight is 668 g/mol. The van der Waals surface area contributed by atoms with Crippen LogP contribution < -0.4 is 15.4 Å². The lowest BCUT2D eigenvalue weighted by Crippen LogP contribution is -2.54. The number of carbonyl (C=O) groups excluding carboxylic acids is 2. The van der Waals surface area contributed by atoms with E-state index < -0.39 is 41.4 Å². The van der Waals surface area contributed by atoms with Crippen molar-refractivity contribution in [3.05, 3.63) is 71.7 Å². The van der Waals surface area contributed by atoms with Gasteiger partial charge in [-0.1, -0.05) is 43.2 Å². The van der Waals surface area contributed by atoms with Crippen LogP contribution in [0.2, 0.25) is 0 Å². The number of carbonyl (C=O) groups is 2. The van der Waals surface area contributed by atoms with E-state index in [1.165, 1.54) is 7.11 Å². The summed E-state index contributed by atoms with van der Waals surface area (Å²) in [6.45, 7) is 0.863. The van der Waals surface area contributed by atoms with Crippen molar-refractivity contribution in [3.8, 4) is 17.0 Å². The van der Waals surface area contributed by atoms with Crippen molar-refractivity contribution >= 4 is 12.0 Å². The molecule has 1 aromatic heterocycles. The summed E-state index contributed by atoms with van der Waals surface area (Å²) in [4.78, 5) is 32.5. The Balaban J connectivity index is 1.39. The Labute approximate surface area is 267 Å². The minimum atomic E-state index is -5.00. The number of nitrogens with one attached hydrogen (secondary N) is 2. The third-order valence-electron chi connectivity index (χ3n) is 8.51. The minimum Gasteiger partial charge on any atom is -0.493 e. The lowest BCUT2D eigenvalue weighted by molar-refractivity contribution is -0.143. The van der Waals surface area contributed by atoms with Gasteiger partial charge in [-0.15, -0.1) is 0 Å². The highest BCUT2D eigenvalue weighted by Crippen LogP contribution is 2.39. The van der Waals surface area contributed by atoms with E-state index in [4.69, 9.17) is 9.47 Å². The van der Waals surface area contributed by atoms with E-state index in [0.29, 0.717) is 43.9 Å². The topological polar surface area (TPSA) is 97.7 Å². The van der Waals surface area contributed by atoms with E-state index >= 15 is 0 Å². The van der Waals surface area contributed by atoms with E-state index in [2.05, 4.69) is 15.6 Å². The first-order valence-corrected chi connectivity index (χ1v) is 15.3. The highest BCUT2D eigenvalue weighted by Gasteiger charge is 2.38. The summed E-state index contributed by atoms with van der Waals surface area (Å²) in [5.41, 5.74) is -1.42. The molecule has 2 amide bonds. The Morgan fingerprint density at radius 3 is 2.34 bits per heavy atom. The van der Waals surface area contributed by atoms with Gasteiger partial charge in [-0.05, 0) is 31.0 Å². The number of alkyl carbamates (subject to hydrolysis) is 1. The van der Waals surface area contributed by atoms with E-state index in [-0.39, 0.29) is 42.8 Å². The van der Waals surface area contributed by atoms with Gasteiger partial charge in [0.05, 0.1) is 48.9 Å². The molecule has 2 aliphatic rings. The van der Waals surface area contributed by atoms with Crippen LogP contribution in [0, 0.1) is 0 Å². The molecule has 1 saturated heterocycles. The zero-order valence-electron chi connectivity index (χ0n) is 25.5. The first-order valence-electron chi connectivity index (χ1n) is 15.3. The molecule has 0 bridgehead atoms. The van der Waals surface area contributed by atoms with Crippen molar-refractivity contribution in [2.45, 2.75) is 62.6 Å². The molecule has 0 radical (unpaired) electrons. The second-order valence-corrected chi connectivity index (χ2v) is 11.5. The SMILES string of the molecule is COC(=O)N[C@H]1CCCC[C@@H]1n1cnc(C(=O)N2CCNC[C@H]2CCOc2cc(C(F)(F)F)cc(C(F)(F)F)c2)c1-c1ccccc1. The number of hydrogen-bond acceptors (Lipinski definition) is 6. The minimum absolute atomic E-state index is 0.0445. The van der Waals surface area contributed by atoms with E-state index in [1.807, 2.05) is 34.9 Å². The number of amides is 2. The lowest BCUT2D eigenvalue weighted by atomic mass is 9.89. The lowest BCUT2D eigenvalue weighted by Gasteiger charge is -2.36. The Hall–Kier alpha value is -4.27. The number of alkyl halides is 6. The molecule has 2 heterocycles. The van der Waals surface area contributed by atoms with Crippen molar-refractivity contribution in [2.75, 3.05) is 33.4 Å². The summed E-state index contributed by atoms with van der Waals surface area (Å²) in [5, 5.41) is 6.10. The van der Waals surface area contributed by atoms with E-state index in [9.17, 15) is 35.9 Å². The van der Waals surface area contributed by atoms with Crippen LogP contribution in [0.5, 0.6) is 5.75 Å². The maximum atomic E-state index is 14.2. The van der Waals surface area contributed by atoms with Crippen LogP contribution in [0.1, 0.15) is 59.8 Å². The summed E-state index contributed by atoms with van der Waals surface area (Å²) in [6, 6.07) is 9.43. The number of aromatic nitrogens is 2. The Morgan fingerprint density at radius 2 is 1.68 bits per heavy atom. The van der Waals surface area contributed by atoms with Gasteiger partial charge in [0.1, 0.15) is 5.75 Å². The predicted molar refractivity (Wildman–Crippen MR) is 159 cm³/mol.